The number of nitrogens with one attached hydrogen (secondary N) is 1. The molecule has 0 aliphatic rings. The summed E-state index contributed by atoms with van der Waals surface area (Å²) in [4.78, 5) is 0. The Morgan fingerprint density at radius 3 is 2.55 bits per heavy atom. The van der Waals surface area contributed by atoms with E-state index in [2.05, 4.69) is 25.2 Å². The Balaban J connectivity index is 2.16. The van der Waals surface area contributed by atoms with Gasteiger partial charge in [0.25, 0.3) is 0 Å². The summed E-state index contributed by atoms with van der Waals surface area (Å²) in [6.07, 6.45) is 0.990. The SMILES string of the molecule is CCC(NC(C)c1ccc(C)o1)c1ccccc1OC. The maximum absolute atomic E-state index is 5.69. The molecule has 0 amide bonds. The van der Waals surface area contributed by atoms with Crippen LogP contribution < -0.4 is 10.1 Å². The van der Waals surface area contributed by atoms with Crippen LogP contribution in [0.1, 0.15) is 49.4 Å². The van der Waals surface area contributed by atoms with Gasteiger partial charge in [-0.15, -0.1) is 0 Å². The molecule has 20 heavy (non-hydrogen) atoms. The largest absolute Gasteiger partial charge is 0.496 e. The molecule has 0 aliphatic heterocycles. The standard InChI is InChI=1S/C17H23NO2/c1-5-15(14-8-6-7-9-17(14)19-4)18-13(3)16-11-10-12(2)20-16/h6-11,13,15,18H,5H2,1-4H3. The molecule has 1 heterocycles. The number of furan rings is 1. The van der Waals surface area contributed by atoms with Crippen LogP contribution in [0, 0.1) is 6.92 Å². The third-order valence-corrected chi connectivity index (χ3v) is 3.56. The van der Waals surface area contributed by atoms with Gasteiger partial charge in [-0.25, -0.2) is 0 Å². The lowest BCUT2D eigenvalue weighted by Crippen LogP contribution is -2.24. The highest BCUT2D eigenvalue weighted by Crippen LogP contribution is 2.29. The summed E-state index contributed by atoms with van der Waals surface area (Å²) in [5, 5.41) is 3.61. The highest BCUT2D eigenvalue weighted by atomic mass is 16.5. The van der Waals surface area contributed by atoms with Crippen molar-refractivity contribution in [2.45, 2.75) is 39.3 Å². The number of rotatable bonds is 6. The highest BCUT2D eigenvalue weighted by Gasteiger charge is 2.18. The first-order valence-corrected chi connectivity index (χ1v) is 7.11. The molecule has 1 aromatic carbocycles. The number of aryl methyl sites for hydroxylation is 1. The minimum Gasteiger partial charge on any atom is -0.496 e. The monoisotopic (exact) mass is 273 g/mol. The van der Waals surface area contributed by atoms with Crippen molar-refractivity contribution >= 4 is 0 Å². The summed E-state index contributed by atoms with van der Waals surface area (Å²) < 4.78 is 11.1. The maximum atomic E-state index is 5.69. The van der Waals surface area contributed by atoms with Crippen molar-refractivity contribution in [2.75, 3.05) is 7.11 Å². The van der Waals surface area contributed by atoms with Crippen LogP contribution in [0.2, 0.25) is 0 Å². The summed E-state index contributed by atoms with van der Waals surface area (Å²) in [6, 6.07) is 12.6. The molecule has 0 saturated carbocycles. The van der Waals surface area contributed by atoms with Crippen LogP contribution in [0.5, 0.6) is 5.75 Å². The Bertz CT molecular complexity index is 547. The fraction of sp³-hybridized carbons (Fsp3) is 0.412. The van der Waals surface area contributed by atoms with Gasteiger partial charge in [-0.2, -0.15) is 0 Å². The van der Waals surface area contributed by atoms with Gasteiger partial charge >= 0.3 is 0 Å². The van der Waals surface area contributed by atoms with Crippen molar-refractivity contribution in [3.05, 3.63) is 53.5 Å². The second kappa shape index (κ2) is 6.62. The number of ether oxygens (including phenoxy) is 1. The number of methoxy groups -OCH3 is 1. The molecule has 2 unspecified atom stereocenters. The number of para-hydroxylation sites is 1. The van der Waals surface area contributed by atoms with Gasteiger partial charge in [0.15, 0.2) is 0 Å². The lowest BCUT2D eigenvalue weighted by molar-refractivity contribution is 0.362. The highest BCUT2D eigenvalue weighted by molar-refractivity contribution is 5.36. The minimum absolute atomic E-state index is 0.165. The molecule has 2 rings (SSSR count). The smallest absolute Gasteiger partial charge is 0.123 e. The van der Waals surface area contributed by atoms with E-state index in [4.69, 9.17) is 9.15 Å². The summed E-state index contributed by atoms with van der Waals surface area (Å²) in [6.45, 7) is 6.26. The van der Waals surface area contributed by atoms with Crippen molar-refractivity contribution in [3.63, 3.8) is 0 Å². The molecule has 0 aliphatic carbocycles. The van der Waals surface area contributed by atoms with Gasteiger partial charge in [0.2, 0.25) is 0 Å². The molecule has 0 bridgehead atoms. The van der Waals surface area contributed by atoms with Crippen molar-refractivity contribution in [1.82, 2.24) is 5.32 Å². The molecular weight excluding hydrogens is 250 g/mol. The molecule has 108 valence electrons. The molecule has 3 heteroatoms. The van der Waals surface area contributed by atoms with Gasteiger partial charge < -0.3 is 14.5 Å². The summed E-state index contributed by atoms with van der Waals surface area (Å²) >= 11 is 0. The Hall–Kier alpha value is -1.74. The van der Waals surface area contributed by atoms with Crippen molar-refractivity contribution in [1.29, 1.82) is 0 Å². The van der Waals surface area contributed by atoms with E-state index in [1.54, 1.807) is 7.11 Å². The predicted octanol–water partition coefficient (Wildman–Crippen LogP) is 4.40. The first-order chi connectivity index (χ1) is 9.65. The Labute approximate surface area is 121 Å². The normalized spacial score (nSPS) is 14.0. The van der Waals surface area contributed by atoms with E-state index < -0.39 is 0 Å². The molecule has 0 radical (unpaired) electrons. The molecule has 2 aromatic rings. The van der Waals surface area contributed by atoms with Gasteiger partial charge in [0.05, 0.1) is 13.2 Å². The predicted molar refractivity (Wildman–Crippen MR) is 81.0 cm³/mol. The quantitative estimate of drug-likeness (QED) is 0.847. The van der Waals surface area contributed by atoms with E-state index in [0.717, 1.165) is 23.7 Å². The molecule has 1 aromatic heterocycles. The van der Waals surface area contributed by atoms with E-state index in [1.165, 1.54) is 5.56 Å². The zero-order chi connectivity index (χ0) is 14.5. The second-order valence-corrected chi connectivity index (χ2v) is 5.04. The van der Waals surface area contributed by atoms with E-state index in [1.807, 2.05) is 37.3 Å². The lowest BCUT2D eigenvalue weighted by atomic mass is 10.0. The topological polar surface area (TPSA) is 34.4 Å². The minimum atomic E-state index is 0.165. The van der Waals surface area contributed by atoms with Gasteiger partial charge in [0.1, 0.15) is 17.3 Å². The fourth-order valence-electron chi connectivity index (χ4n) is 2.45. The third kappa shape index (κ3) is 3.23. The summed E-state index contributed by atoms with van der Waals surface area (Å²) in [7, 11) is 1.71. The van der Waals surface area contributed by atoms with Gasteiger partial charge in [-0.05, 0) is 38.5 Å². The van der Waals surface area contributed by atoms with Crippen LogP contribution in [-0.4, -0.2) is 7.11 Å². The van der Waals surface area contributed by atoms with Crippen LogP contribution in [0.4, 0.5) is 0 Å². The molecule has 0 fully saturated rings. The number of hydrogen-bond acceptors (Lipinski definition) is 3. The fourth-order valence-corrected chi connectivity index (χ4v) is 2.45. The first kappa shape index (κ1) is 14.7. The van der Waals surface area contributed by atoms with Crippen molar-refractivity contribution < 1.29 is 9.15 Å². The van der Waals surface area contributed by atoms with Crippen LogP contribution in [-0.2, 0) is 0 Å². The zero-order valence-electron chi connectivity index (χ0n) is 12.6. The van der Waals surface area contributed by atoms with Gasteiger partial charge in [0, 0.05) is 11.6 Å². The number of benzene rings is 1. The Morgan fingerprint density at radius 1 is 1.20 bits per heavy atom. The average molecular weight is 273 g/mol. The molecule has 2 atom stereocenters. The van der Waals surface area contributed by atoms with Crippen LogP contribution in [0.3, 0.4) is 0 Å². The van der Waals surface area contributed by atoms with Crippen LogP contribution >= 0.6 is 0 Å². The lowest BCUT2D eigenvalue weighted by Gasteiger charge is -2.23. The van der Waals surface area contributed by atoms with Crippen LogP contribution in [0.25, 0.3) is 0 Å². The van der Waals surface area contributed by atoms with Gasteiger partial charge in [-0.1, -0.05) is 25.1 Å². The Morgan fingerprint density at radius 2 is 1.95 bits per heavy atom. The van der Waals surface area contributed by atoms with Crippen molar-refractivity contribution in [2.24, 2.45) is 0 Å². The van der Waals surface area contributed by atoms with E-state index in [9.17, 15) is 0 Å². The zero-order valence-corrected chi connectivity index (χ0v) is 12.6. The number of hydrogen-bond donors (Lipinski definition) is 1. The van der Waals surface area contributed by atoms with Gasteiger partial charge in [-0.3, -0.25) is 0 Å². The maximum Gasteiger partial charge on any atom is 0.123 e. The van der Waals surface area contributed by atoms with Crippen LogP contribution in [0.15, 0.2) is 40.8 Å². The average Bonchev–Trinajstić information content (AvgIpc) is 2.91. The molecular formula is C17H23NO2. The van der Waals surface area contributed by atoms with E-state index >= 15 is 0 Å². The van der Waals surface area contributed by atoms with E-state index in [0.29, 0.717) is 0 Å². The Kier molecular flexibility index (Phi) is 4.85. The summed E-state index contributed by atoms with van der Waals surface area (Å²) in [5.41, 5.74) is 1.19. The van der Waals surface area contributed by atoms with Crippen molar-refractivity contribution in [3.8, 4) is 5.75 Å². The summed E-state index contributed by atoms with van der Waals surface area (Å²) in [5.74, 6) is 2.84. The molecule has 1 N–H and O–H groups in total. The first-order valence-electron chi connectivity index (χ1n) is 7.11. The third-order valence-electron chi connectivity index (χ3n) is 3.56. The molecule has 3 nitrogen and oxygen atoms in total. The molecule has 0 saturated heterocycles. The second-order valence-electron chi connectivity index (χ2n) is 5.04. The molecule has 0 spiro atoms. The van der Waals surface area contributed by atoms with E-state index in [-0.39, 0.29) is 12.1 Å².